The summed E-state index contributed by atoms with van der Waals surface area (Å²) in [5.41, 5.74) is 3.43. The lowest BCUT2D eigenvalue weighted by molar-refractivity contribution is 0.170. The number of hydrogen-bond acceptors (Lipinski definition) is 2. The van der Waals surface area contributed by atoms with Crippen LogP contribution in [0.4, 0.5) is 0 Å². The van der Waals surface area contributed by atoms with Crippen molar-refractivity contribution in [3.8, 4) is 11.5 Å². The minimum absolute atomic E-state index is 0.298. The summed E-state index contributed by atoms with van der Waals surface area (Å²) in [6.45, 7) is 10.1. The fraction of sp³-hybridized carbons (Fsp3) is 0.412. The van der Waals surface area contributed by atoms with E-state index in [0.29, 0.717) is 0 Å². The van der Waals surface area contributed by atoms with Crippen LogP contribution in [-0.2, 0) is 12.8 Å². The minimum atomic E-state index is -0.298. The van der Waals surface area contributed by atoms with Gasteiger partial charge in [-0.05, 0) is 45.4 Å². The molecule has 0 amide bonds. The standard InChI is InChI=1S/C17H22O2/c1-6-12(3)8-13-9-15(18-5)10-14-11-17(4,7-2)19-16(13)14/h6-7,9-10H,2,8,11H2,1,3-5H3/b12-6+. The Bertz CT molecular complexity index is 528. The van der Waals surface area contributed by atoms with Crippen molar-refractivity contribution in [3.63, 3.8) is 0 Å². The van der Waals surface area contributed by atoms with Gasteiger partial charge in [0, 0.05) is 17.5 Å². The van der Waals surface area contributed by atoms with Crippen LogP contribution >= 0.6 is 0 Å². The largest absolute Gasteiger partial charge is 0.497 e. The summed E-state index contributed by atoms with van der Waals surface area (Å²) < 4.78 is 11.5. The third kappa shape index (κ3) is 2.67. The van der Waals surface area contributed by atoms with Gasteiger partial charge in [-0.3, -0.25) is 0 Å². The average Bonchev–Trinajstić information content (AvgIpc) is 2.76. The number of rotatable bonds is 4. The lowest BCUT2D eigenvalue weighted by Gasteiger charge is -2.19. The van der Waals surface area contributed by atoms with E-state index >= 15 is 0 Å². The van der Waals surface area contributed by atoms with Crippen molar-refractivity contribution in [2.24, 2.45) is 0 Å². The highest BCUT2D eigenvalue weighted by atomic mass is 16.5. The maximum atomic E-state index is 6.12. The summed E-state index contributed by atoms with van der Waals surface area (Å²) >= 11 is 0. The summed E-state index contributed by atoms with van der Waals surface area (Å²) in [5.74, 6) is 1.90. The maximum Gasteiger partial charge on any atom is 0.128 e. The molecule has 0 radical (unpaired) electrons. The number of methoxy groups -OCH3 is 1. The monoisotopic (exact) mass is 258 g/mol. The molecule has 1 atom stereocenters. The molecule has 2 nitrogen and oxygen atoms in total. The highest BCUT2D eigenvalue weighted by Crippen LogP contribution is 2.41. The molecule has 0 saturated heterocycles. The molecule has 1 aromatic carbocycles. The molecular formula is C17H22O2. The lowest BCUT2D eigenvalue weighted by atomic mass is 9.97. The Morgan fingerprint density at radius 1 is 1.53 bits per heavy atom. The van der Waals surface area contributed by atoms with Gasteiger partial charge >= 0.3 is 0 Å². The summed E-state index contributed by atoms with van der Waals surface area (Å²) in [6.07, 6.45) is 5.76. The summed E-state index contributed by atoms with van der Waals surface area (Å²) in [7, 11) is 1.70. The molecule has 2 rings (SSSR count). The Kier molecular flexibility index (Phi) is 3.70. The molecular weight excluding hydrogens is 236 g/mol. The number of allylic oxidation sites excluding steroid dienone is 2. The number of hydrogen-bond donors (Lipinski definition) is 0. The molecule has 0 fully saturated rings. The number of ether oxygens (including phenoxy) is 2. The molecule has 19 heavy (non-hydrogen) atoms. The van der Waals surface area contributed by atoms with E-state index < -0.39 is 0 Å². The molecule has 0 bridgehead atoms. The highest BCUT2D eigenvalue weighted by molar-refractivity contribution is 5.52. The summed E-state index contributed by atoms with van der Waals surface area (Å²) in [6, 6.07) is 4.14. The van der Waals surface area contributed by atoms with Gasteiger partial charge in [0.05, 0.1) is 7.11 Å². The Balaban J connectivity index is 2.45. The van der Waals surface area contributed by atoms with Gasteiger partial charge in [0.15, 0.2) is 0 Å². The molecule has 1 aromatic rings. The lowest BCUT2D eigenvalue weighted by Crippen LogP contribution is -2.26. The van der Waals surface area contributed by atoms with E-state index in [4.69, 9.17) is 9.47 Å². The van der Waals surface area contributed by atoms with E-state index in [0.717, 1.165) is 24.3 Å². The van der Waals surface area contributed by atoms with Crippen molar-refractivity contribution in [3.05, 3.63) is 47.6 Å². The predicted octanol–water partition coefficient (Wildman–Crippen LogP) is 4.08. The van der Waals surface area contributed by atoms with Crippen LogP contribution in [0.1, 0.15) is 31.9 Å². The topological polar surface area (TPSA) is 18.5 Å². The first-order chi connectivity index (χ1) is 9.01. The average molecular weight is 258 g/mol. The molecule has 0 aromatic heterocycles. The van der Waals surface area contributed by atoms with E-state index in [1.54, 1.807) is 7.11 Å². The van der Waals surface area contributed by atoms with E-state index in [2.05, 4.69) is 45.6 Å². The van der Waals surface area contributed by atoms with Gasteiger partial charge in [0.1, 0.15) is 17.1 Å². The first-order valence-corrected chi connectivity index (χ1v) is 6.65. The number of benzene rings is 1. The fourth-order valence-electron chi connectivity index (χ4n) is 2.40. The SMILES string of the molecule is C=CC1(C)Cc2cc(OC)cc(C/C(C)=C/C)c2O1. The Morgan fingerprint density at radius 3 is 2.84 bits per heavy atom. The van der Waals surface area contributed by atoms with E-state index in [1.165, 1.54) is 16.7 Å². The van der Waals surface area contributed by atoms with Gasteiger partial charge in [-0.15, -0.1) is 0 Å². The molecule has 1 aliphatic rings. The minimum Gasteiger partial charge on any atom is -0.497 e. The van der Waals surface area contributed by atoms with Crippen molar-refractivity contribution < 1.29 is 9.47 Å². The van der Waals surface area contributed by atoms with Crippen LogP contribution in [0.5, 0.6) is 11.5 Å². The maximum absolute atomic E-state index is 6.12. The van der Waals surface area contributed by atoms with Gasteiger partial charge in [-0.25, -0.2) is 0 Å². The van der Waals surface area contributed by atoms with Crippen LogP contribution in [0.25, 0.3) is 0 Å². The van der Waals surface area contributed by atoms with E-state index in [9.17, 15) is 0 Å². The van der Waals surface area contributed by atoms with E-state index in [-0.39, 0.29) is 5.60 Å². The van der Waals surface area contributed by atoms with Crippen LogP contribution in [0, 0.1) is 0 Å². The van der Waals surface area contributed by atoms with Crippen LogP contribution in [-0.4, -0.2) is 12.7 Å². The van der Waals surface area contributed by atoms with Gasteiger partial charge in [0.25, 0.3) is 0 Å². The molecule has 2 heteroatoms. The summed E-state index contributed by atoms with van der Waals surface area (Å²) in [4.78, 5) is 0. The zero-order chi connectivity index (χ0) is 14.0. The molecule has 0 N–H and O–H groups in total. The second-order valence-corrected chi connectivity index (χ2v) is 5.38. The molecule has 1 aliphatic heterocycles. The smallest absolute Gasteiger partial charge is 0.128 e. The summed E-state index contributed by atoms with van der Waals surface area (Å²) in [5, 5.41) is 0. The first kappa shape index (κ1) is 13.7. The van der Waals surface area contributed by atoms with Gasteiger partial charge in [-0.1, -0.05) is 18.2 Å². The van der Waals surface area contributed by atoms with Crippen molar-refractivity contribution in [2.45, 2.75) is 39.2 Å². The van der Waals surface area contributed by atoms with Crippen LogP contribution < -0.4 is 9.47 Å². The first-order valence-electron chi connectivity index (χ1n) is 6.65. The molecule has 0 spiro atoms. The third-order valence-electron chi connectivity index (χ3n) is 3.72. The molecule has 0 aliphatic carbocycles. The van der Waals surface area contributed by atoms with E-state index in [1.807, 2.05) is 6.08 Å². The Morgan fingerprint density at radius 2 is 2.26 bits per heavy atom. The van der Waals surface area contributed by atoms with Crippen LogP contribution in [0.3, 0.4) is 0 Å². The second-order valence-electron chi connectivity index (χ2n) is 5.38. The van der Waals surface area contributed by atoms with Crippen LogP contribution in [0.15, 0.2) is 36.4 Å². The zero-order valence-corrected chi connectivity index (χ0v) is 12.2. The third-order valence-corrected chi connectivity index (χ3v) is 3.72. The Hall–Kier alpha value is -1.70. The van der Waals surface area contributed by atoms with Crippen molar-refractivity contribution >= 4 is 0 Å². The predicted molar refractivity (Wildman–Crippen MR) is 79.1 cm³/mol. The Labute approximate surface area is 115 Å². The normalized spacial score (nSPS) is 21.8. The quantitative estimate of drug-likeness (QED) is 0.757. The van der Waals surface area contributed by atoms with Gasteiger partial charge in [-0.2, -0.15) is 0 Å². The van der Waals surface area contributed by atoms with Crippen molar-refractivity contribution in [2.75, 3.05) is 7.11 Å². The highest BCUT2D eigenvalue weighted by Gasteiger charge is 2.34. The van der Waals surface area contributed by atoms with Gasteiger partial charge in [0.2, 0.25) is 0 Å². The zero-order valence-electron chi connectivity index (χ0n) is 12.2. The van der Waals surface area contributed by atoms with Crippen molar-refractivity contribution in [1.29, 1.82) is 0 Å². The van der Waals surface area contributed by atoms with Gasteiger partial charge < -0.3 is 9.47 Å². The molecule has 102 valence electrons. The fourth-order valence-corrected chi connectivity index (χ4v) is 2.40. The number of fused-ring (bicyclic) bond motifs is 1. The van der Waals surface area contributed by atoms with Crippen molar-refractivity contribution in [1.82, 2.24) is 0 Å². The van der Waals surface area contributed by atoms with Crippen LogP contribution in [0.2, 0.25) is 0 Å². The molecule has 0 saturated carbocycles. The second kappa shape index (κ2) is 5.12. The molecule has 1 unspecified atom stereocenters. The molecule has 1 heterocycles.